The Morgan fingerprint density at radius 1 is 0.852 bits per heavy atom. The maximum atomic E-state index is 12.9. The lowest BCUT2D eigenvalue weighted by molar-refractivity contribution is 0.0786. The van der Waals surface area contributed by atoms with Gasteiger partial charge in [-0.3, -0.25) is 9.59 Å². The van der Waals surface area contributed by atoms with Gasteiger partial charge in [-0.2, -0.15) is 0 Å². The van der Waals surface area contributed by atoms with Crippen LogP contribution in [-0.4, -0.2) is 23.8 Å². The lowest BCUT2D eigenvalue weighted by Gasteiger charge is -2.19. The van der Waals surface area contributed by atoms with E-state index >= 15 is 0 Å². The number of halogens is 1. The van der Waals surface area contributed by atoms with Crippen LogP contribution in [0.15, 0.2) is 83.3 Å². The van der Waals surface area contributed by atoms with Crippen LogP contribution in [0.3, 0.4) is 0 Å². The van der Waals surface area contributed by atoms with Crippen molar-refractivity contribution in [3.63, 3.8) is 0 Å². The fourth-order valence-electron chi connectivity index (χ4n) is 2.75. The summed E-state index contributed by atoms with van der Waals surface area (Å²) in [5.74, 6) is -0.421. The number of carbonyl (C=O) groups excluding carboxylic acids is 2. The van der Waals surface area contributed by atoms with Gasteiger partial charge in [0.2, 0.25) is 0 Å². The summed E-state index contributed by atoms with van der Waals surface area (Å²) in [6.07, 6.45) is 0. The molecule has 0 aliphatic heterocycles. The van der Waals surface area contributed by atoms with E-state index in [2.05, 4.69) is 21.2 Å². The summed E-state index contributed by atoms with van der Waals surface area (Å²) in [6.45, 7) is 0.492. The number of carbonyl (C=O) groups is 2. The first kappa shape index (κ1) is 18.9. The van der Waals surface area contributed by atoms with E-state index < -0.39 is 0 Å². The molecule has 136 valence electrons. The molecule has 1 N–H and O–H groups in total. The first-order valence-electron chi connectivity index (χ1n) is 8.50. The Morgan fingerprint density at radius 3 is 2.15 bits per heavy atom. The molecule has 3 aromatic rings. The highest BCUT2D eigenvalue weighted by atomic mass is 79.9. The standard InChI is InChI=1S/C22H19BrN2O2/c1-25(15-16-9-3-2-4-10-16)22(27)18-12-6-8-14-20(18)24-21(26)17-11-5-7-13-19(17)23/h2-14H,15H2,1H3,(H,24,26). The quantitative estimate of drug-likeness (QED) is 0.630. The molecule has 0 unspecified atom stereocenters. The van der Waals surface area contributed by atoms with Crippen molar-refractivity contribution in [2.75, 3.05) is 12.4 Å². The van der Waals surface area contributed by atoms with E-state index in [1.807, 2.05) is 36.4 Å². The van der Waals surface area contributed by atoms with Crippen molar-refractivity contribution in [3.8, 4) is 0 Å². The van der Waals surface area contributed by atoms with Gasteiger partial charge in [0.25, 0.3) is 11.8 Å². The maximum Gasteiger partial charge on any atom is 0.256 e. The second-order valence-electron chi connectivity index (χ2n) is 6.13. The van der Waals surface area contributed by atoms with E-state index in [0.29, 0.717) is 27.8 Å². The minimum atomic E-state index is -0.270. The molecule has 0 spiro atoms. The third-order valence-electron chi connectivity index (χ3n) is 4.13. The third kappa shape index (κ3) is 4.63. The fraction of sp³-hybridized carbons (Fsp3) is 0.0909. The summed E-state index contributed by atoms with van der Waals surface area (Å²) in [7, 11) is 1.75. The van der Waals surface area contributed by atoms with Gasteiger partial charge < -0.3 is 10.2 Å². The fourth-order valence-corrected chi connectivity index (χ4v) is 3.21. The molecule has 0 radical (unpaired) electrons. The topological polar surface area (TPSA) is 49.4 Å². The average molecular weight is 423 g/mol. The molecule has 3 aromatic carbocycles. The highest BCUT2D eigenvalue weighted by molar-refractivity contribution is 9.10. The Balaban J connectivity index is 1.80. The Morgan fingerprint density at radius 2 is 1.44 bits per heavy atom. The Bertz CT molecular complexity index is 957. The number of hydrogen-bond acceptors (Lipinski definition) is 2. The summed E-state index contributed by atoms with van der Waals surface area (Å²) in [6, 6.07) is 24.0. The van der Waals surface area contributed by atoms with Crippen LogP contribution in [0.2, 0.25) is 0 Å². The van der Waals surface area contributed by atoms with Crippen molar-refractivity contribution in [3.05, 3.63) is 100 Å². The van der Waals surface area contributed by atoms with Gasteiger partial charge in [-0.05, 0) is 45.8 Å². The van der Waals surface area contributed by atoms with Crippen molar-refractivity contribution >= 4 is 33.4 Å². The Hall–Kier alpha value is -2.92. The number of anilines is 1. The number of para-hydroxylation sites is 1. The van der Waals surface area contributed by atoms with E-state index in [0.717, 1.165) is 5.56 Å². The molecule has 2 amide bonds. The van der Waals surface area contributed by atoms with Gasteiger partial charge in [-0.1, -0.05) is 54.6 Å². The largest absolute Gasteiger partial charge is 0.337 e. The molecule has 0 aliphatic rings. The maximum absolute atomic E-state index is 12.9. The van der Waals surface area contributed by atoms with Gasteiger partial charge in [0.1, 0.15) is 0 Å². The summed E-state index contributed by atoms with van der Waals surface area (Å²) in [5.41, 5.74) is 2.50. The van der Waals surface area contributed by atoms with Gasteiger partial charge in [0, 0.05) is 18.1 Å². The number of amides is 2. The van der Waals surface area contributed by atoms with Crippen molar-refractivity contribution in [2.45, 2.75) is 6.54 Å². The molecule has 3 rings (SSSR count). The molecule has 27 heavy (non-hydrogen) atoms. The zero-order valence-electron chi connectivity index (χ0n) is 14.9. The Kier molecular flexibility index (Phi) is 6.04. The number of benzene rings is 3. The number of rotatable bonds is 5. The van der Waals surface area contributed by atoms with Crippen LogP contribution in [0, 0.1) is 0 Å². The smallest absolute Gasteiger partial charge is 0.256 e. The second kappa shape index (κ2) is 8.64. The molecular weight excluding hydrogens is 404 g/mol. The predicted molar refractivity (Wildman–Crippen MR) is 111 cm³/mol. The molecule has 0 saturated heterocycles. The summed E-state index contributed by atoms with van der Waals surface area (Å²) < 4.78 is 0.701. The van der Waals surface area contributed by atoms with Crippen LogP contribution in [0.1, 0.15) is 26.3 Å². The highest BCUT2D eigenvalue weighted by Crippen LogP contribution is 2.21. The van der Waals surface area contributed by atoms with Crippen LogP contribution >= 0.6 is 15.9 Å². The number of hydrogen-bond donors (Lipinski definition) is 1. The monoisotopic (exact) mass is 422 g/mol. The van der Waals surface area contributed by atoms with Crippen molar-refractivity contribution in [1.82, 2.24) is 4.90 Å². The van der Waals surface area contributed by atoms with E-state index in [-0.39, 0.29) is 11.8 Å². The molecule has 0 atom stereocenters. The molecule has 0 aliphatic carbocycles. The third-order valence-corrected chi connectivity index (χ3v) is 4.82. The van der Waals surface area contributed by atoms with Crippen molar-refractivity contribution in [2.24, 2.45) is 0 Å². The normalized spacial score (nSPS) is 10.3. The van der Waals surface area contributed by atoms with E-state index in [4.69, 9.17) is 0 Å². The summed E-state index contributed by atoms with van der Waals surface area (Å²) in [5, 5.41) is 2.85. The highest BCUT2D eigenvalue weighted by Gasteiger charge is 2.18. The van der Waals surface area contributed by atoms with Crippen LogP contribution in [-0.2, 0) is 6.54 Å². The van der Waals surface area contributed by atoms with Gasteiger partial charge in [0.05, 0.1) is 16.8 Å². The zero-order chi connectivity index (χ0) is 19.2. The van der Waals surface area contributed by atoms with Crippen LogP contribution in [0.25, 0.3) is 0 Å². The van der Waals surface area contributed by atoms with Crippen molar-refractivity contribution in [1.29, 1.82) is 0 Å². The van der Waals surface area contributed by atoms with Crippen molar-refractivity contribution < 1.29 is 9.59 Å². The van der Waals surface area contributed by atoms with E-state index in [1.54, 1.807) is 54.4 Å². The summed E-state index contributed by atoms with van der Waals surface area (Å²) in [4.78, 5) is 27.2. The second-order valence-corrected chi connectivity index (χ2v) is 6.98. The Labute approximate surface area is 167 Å². The summed E-state index contributed by atoms with van der Waals surface area (Å²) >= 11 is 3.38. The molecule has 4 nitrogen and oxygen atoms in total. The van der Waals surface area contributed by atoms with Crippen LogP contribution in [0.5, 0.6) is 0 Å². The minimum Gasteiger partial charge on any atom is -0.337 e. The first-order chi connectivity index (χ1) is 13.1. The zero-order valence-corrected chi connectivity index (χ0v) is 16.4. The first-order valence-corrected chi connectivity index (χ1v) is 9.30. The van der Waals surface area contributed by atoms with E-state index in [9.17, 15) is 9.59 Å². The van der Waals surface area contributed by atoms with Gasteiger partial charge in [-0.25, -0.2) is 0 Å². The SMILES string of the molecule is CN(Cc1ccccc1)C(=O)c1ccccc1NC(=O)c1ccccc1Br. The van der Waals surface area contributed by atoms with Crippen LogP contribution in [0.4, 0.5) is 5.69 Å². The molecule has 0 fully saturated rings. The molecule has 0 aromatic heterocycles. The van der Waals surface area contributed by atoms with Gasteiger partial charge in [0.15, 0.2) is 0 Å². The molecule has 0 bridgehead atoms. The number of nitrogens with one attached hydrogen (secondary N) is 1. The molecule has 5 heteroatoms. The molecular formula is C22H19BrN2O2. The average Bonchev–Trinajstić information content (AvgIpc) is 2.69. The molecule has 0 heterocycles. The lowest BCUT2D eigenvalue weighted by atomic mass is 10.1. The lowest BCUT2D eigenvalue weighted by Crippen LogP contribution is -2.27. The number of nitrogens with zero attached hydrogens (tertiary/aromatic N) is 1. The van der Waals surface area contributed by atoms with E-state index in [1.165, 1.54) is 0 Å². The van der Waals surface area contributed by atoms with Gasteiger partial charge in [-0.15, -0.1) is 0 Å². The predicted octanol–water partition coefficient (Wildman–Crippen LogP) is 4.97. The minimum absolute atomic E-state index is 0.151. The molecule has 0 saturated carbocycles. The van der Waals surface area contributed by atoms with Crippen LogP contribution < -0.4 is 5.32 Å². The van der Waals surface area contributed by atoms with Gasteiger partial charge >= 0.3 is 0 Å².